The van der Waals surface area contributed by atoms with Crippen molar-refractivity contribution < 1.29 is 33.7 Å². The Bertz CT molecular complexity index is 1390. The molecule has 1 atom stereocenters. The van der Waals surface area contributed by atoms with Crippen LogP contribution in [0.1, 0.15) is 52.8 Å². The molecule has 1 N–H and O–H groups in total. The summed E-state index contributed by atoms with van der Waals surface area (Å²) in [4.78, 5) is 44.9. The first kappa shape index (κ1) is 26.9. The van der Waals surface area contributed by atoms with Gasteiger partial charge in [0.15, 0.2) is 5.13 Å². The smallest absolute Gasteiger partial charge is 0.350 e. The number of thiazole rings is 1. The molecule has 0 radical (unpaired) electrons. The number of carbonyl (C=O) groups excluding carboxylic acids is 3. The molecule has 1 fully saturated rings. The molecule has 1 aliphatic rings. The first-order chi connectivity index (χ1) is 18.3. The number of esters is 1. The average molecular weight is 537 g/mol. The van der Waals surface area contributed by atoms with Gasteiger partial charge in [-0.05, 0) is 62.2 Å². The van der Waals surface area contributed by atoms with E-state index in [4.69, 9.17) is 14.2 Å². The Kier molecular flexibility index (Phi) is 8.11. The van der Waals surface area contributed by atoms with Gasteiger partial charge in [-0.3, -0.25) is 14.5 Å². The Hall–Kier alpha value is -4.18. The molecule has 1 amide bonds. The van der Waals surface area contributed by atoms with Crippen molar-refractivity contribution >= 4 is 39.9 Å². The van der Waals surface area contributed by atoms with Crippen LogP contribution >= 0.6 is 11.3 Å². The fourth-order valence-corrected chi connectivity index (χ4v) is 5.15. The summed E-state index contributed by atoms with van der Waals surface area (Å²) >= 11 is 0.944. The molecule has 0 saturated carbocycles. The molecule has 1 unspecified atom stereocenters. The van der Waals surface area contributed by atoms with Crippen molar-refractivity contribution in [3.05, 3.63) is 75.8 Å². The Morgan fingerprint density at radius 2 is 1.82 bits per heavy atom. The molecule has 1 saturated heterocycles. The third-order valence-electron chi connectivity index (χ3n) is 5.89. The van der Waals surface area contributed by atoms with E-state index < -0.39 is 23.7 Å². The molecule has 2 aromatic carbocycles. The molecule has 3 aromatic rings. The number of ketones is 1. The van der Waals surface area contributed by atoms with Crippen LogP contribution in [0, 0.1) is 6.92 Å². The highest BCUT2D eigenvalue weighted by molar-refractivity contribution is 7.17. The van der Waals surface area contributed by atoms with Crippen LogP contribution in [-0.2, 0) is 14.3 Å². The number of Topliss-reactive ketones (excluding diaryl/α,β-unsaturated/α-hetero) is 1. The maximum Gasteiger partial charge on any atom is 0.350 e. The van der Waals surface area contributed by atoms with Gasteiger partial charge in [0.05, 0.1) is 37.6 Å². The van der Waals surface area contributed by atoms with Crippen LogP contribution in [0.2, 0.25) is 0 Å². The third kappa shape index (κ3) is 5.12. The van der Waals surface area contributed by atoms with E-state index in [0.717, 1.165) is 17.8 Å². The highest BCUT2D eigenvalue weighted by Gasteiger charge is 2.48. The molecule has 0 bridgehead atoms. The van der Waals surface area contributed by atoms with E-state index in [1.54, 1.807) is 55.5 Å². The van der Waals surface area contributed by atoms with E-state index in [0.29, 0.717) is 41.5 Å². The number of rotatable bonds is 9. The largest absolute Gasteiger partial charge is 0.507 e. The number of aromatic nitrogens is 1. The molecule has 9 nitrogen and oxygen atoms in total. The molecular formula is C28H28N2O7S. The molecule has 4 rings (SSSR count). The van der Waals surface area contributed by atoms with E-state index in [2.05, 4.69) is 4.98 Å². The Balaban J connectivity index is 1.89. The average Bonchev–Trinajstić information content (AvgIpc) is 3.43. The minimum atomic E-state index is -1.01. The van der Waals surface area contributed by atoms with Gasteiger partial charge in [-0.25, -0.2) is 9.78 Å². The van der Waals surface area contributed by atoms with Crippen LogP contribution in [0.15, 0.2) is 54.1 Å². The number of aliphatic hydroxyl groups is 1. The van der Waals surface area contributed by atoms with Crippen molar-refractivity contribution in [1.29, 1.82) is 0 Å². The van der Waals surface area contributed by atoms with Crippen LogP contribution in [0.5, 0.6) is 11.5 Å². The lowest BCUT2D eigenvalue weighted by molar-refractivity contribution is -0.132. The number of amides is 1. The number of hydrogen-bond acceptors (Lipinski definition) is 9. The van der Waals surface area contributed by atoms with Gasteiger partial charge in [0.1, 0.15) is 22.1 Å². The first-order valence-corrected chi connectivity index (χ1v) is 12.9. The first-order valence-electron chi connectivity index (χ1n) is 12.1. The summed E-state index contributed by atoms with van der Waals surface area (Å²) in [6.07, 6.45) is 0.801. The number of aryl methyl sites for hydroxylation is 1. The van der Waals surface area contributed by atoms with Gasteiger partial charge in [0.2, 0.25) is 0 Å². The van der Waals surface area contributed by atoms with Crippen molar-refractivity contribution in [2.75, 3.05) is 25.2 Å². The summed E-state index contributed by atoms with van der Waals surface area (Å²) in [5.74, 6) is -1.50. The highest BCUT2D eigenvalue weighted by atomic mass is 32.1. The van der Waals surface area contributed by atoms with Gasteiger partial charge in [-0.15, -0.1) is 0 Å². The number of hydrogen-bond donors (Lipinski definition) is 1. The second-order valence-electron chi connectivity index (χ2n) is 8.45. The normalized spacial score (nSPS) is 16.5. The van der Waals surface area contributed by atoms with E-state index in [9.17, 15) is 19.5 Å². The molecule has 0 aliphatic carbocycles. The number of anilines is 1. The zero-order valence-corrected chi connectivity index (χ0v) is 22.3. The molecular weight excluding hydrogens is 508 g/mol. The van der Waals surface area contributed by atoms with Crippen molar-refractivity contribution in [2.24, 2.45) is 0 Å². The number of carbonyl (C=O) groups is 3. The summed E-state index contributed by atoms with van der Waals surface area (Å²) in [6, 6.07) is 12.6. The van der Waals surface area contributed by atoms with Crippen LogP contribution in [0.4, 0.5) is 5.13 Å². The van der Waals surface area contributed by atoms with E-state index >= 15 is 0 Å². The molecule has 10 heteroatoms. The van der Waals surface area contributed by atoms with Crippen LogP contribution < -0.4 is 14.4 Å². The second-order valence-corrected chi connectivity index (χ2v) is 9.43. The summed E-state index contributed by atoms with van der Waals surface area (Å²) in [7, 11) is 1.26. The molecule has 0 spiro atoms. The molecule has 1 aromatic heterocycles. The fraction of sp³-hybridized carbons (Fsp3) is 0.286. The van der Waals surface area contributed by atoms with Gasteiger partial charge < -0.3 is 19.3 Å². The Labute approximate surface area is 224 Å². The monoisotopic (exact) mass is 536 g/mol. The van der Waals surface area contributed by atoms with Gasteiger partial charge in [-0.2, -0.15) is 0 Å². The Morgan fingerprint density at radius 1 is 1.08 bits per heavy atom. The predicted molar refractivity (Wildman–Crippen MR) is 143 cm³/mol. The molecule has 1 aliphatic heterocycles. The van der Waals surface area contributed by atoms with Crippen molar-refractivity contribution in [3.63, 3.8) is 0 Å². The standard InChI is InChI=1S/C28H28N2O7S/c1-5-14-37-20-9-7-8-18(15-20)22-21(23(31)17-10-12-19(13-11-17)36-6-2)24(32)26(33)30(22)28-29-16(3)25(38-28)27(34)35-4/h7-13,15,22,31H,5-6,14H2,1-4H3. The van der Waals surface area contributed by atoms with Crippen molar-refractivity contribution in [1.82, 2.24) is 4.98 Å². The molecule has 198 valence electrons. The maximum atomic E-state index is 13.4. The van der Waals surface area contributed by atoms with Crippen molar-refractivity contribution in [2.45, 2.75) is 33.2 Å². The second kappa shape index (κ2) is 11.5. The van der Waals surface area contributed by atoms with Gasteiger partial charge >= 0.3 is 11.9 Å². The van der Waals surface area contributed by atoms with Crippen molar-refractivity contribution in [3.8, 4) is 11.5 Å². The lowest BCUT2D eigenvalue weighted by Gasteiger charge is -2.23. The number of benzene rings is 2. The number of ether oxygens (including phenoxy) is 3. The van der Waals surface area contributed by atoms with E-state index in [1.165, 1.54) is 12.0 Å². The summed E-state index contributed by atoms with van der Waals surface area (Å²) in [6.45, 7) is 6.44. The third-order valence-corrected chi connectivity index (χ3v) is 7.03. The highest BCUT2D eigenvalue weighted by Crippen LogP contribution is 2.44. The van der Waals surface area contributed by atoms with Gasteiger partial charge in [0.25, 0.3) is 5.78 Å². The zero-order chi connectivity index (χ0) is 27.4. The van der Waals surface area contributed by atoms with Crippen LogP contribution in [0.25, 0.3) is 5.76 Å². The summed E-state index contributed by atoms with van der Waals surface area (Å²) in [5.41, 5.74) is 1.15. The number of aliphatic hydroxyl groups excluding tert-OH is 1. The lowest BCUT2D eigenvalue weighted by Crippen LogP contribution is -2.29. The Morgan fingerprint density at radius 3 is 2.47 bits per heavy atom. The van der Waals surface area contributed by atoms with Gasteiger partial charge in [0, 0.05) is 5.56 Å². The van der Waals surface area contributed by atoms with Gasteiger partial charge in [-0.1, -0.05) is 30.4 Å². The fourth-order valence-electron chi connectivity index (χ4n) is 4.14. The molecule has 2 heterocycles. The maximum absolute atomic E-state index is 13.4. The minimum absolute atomic E-state index is 0.0979. The predicted octanol–water partition coefficient (Wildman–Crippen LogP) is 5.05. The topological polar surface area (TPSA) is 115 Å². The lowest BCUT2D eigenvalue weighted by atomic mass is 9.95. The number of methoxy groups -OCH3 is 1. The summed E-state index contributed by atoms with van der Waals surface area (Å²) in [5, 5.41) is 11.5. The molecule has 38 heavy (non-hydrogen) atoms. The van der Waals surface area contributed by atoms with Crippen LogP contribution in [-0.4, -0.2) is 48.1 Å². The van der Waals surface area contributed by atoms with Crippen LogP contribution in [0.3, 0.4) is 0 Å². The summed E-state index contributed by atoms with van der Waals surface area (Å²) < 4.78 is 16.1. The SMILES string of the molecule is CCCOc1cccc(C2C(=C(O)c3ccc(OCC)cc3)C(=O)C(=O)N2c2nc(C)c(C(=O)OC)s2)c1. The zero-order valence-electron chi connectivity index (χ0n) is 21.5. The quantitative estimate of drug-likeness (QED) is 0.175. The van der Waals surface area contributed by atoms with E-state index in [-0.39, 0.29) is 21.3 Å². The van der Waals surface area contributed by atoms with E-state index in [1.807, 2.05) is 13.8 Å². The number of nitrogens with zero attached hydrogens (tertiary/aromatic N) is 2. The minimum Gasteiger partial charge on any atom is -0.507 e.